The first-order valence-electron chi connectivity index (χ1n) is 9.89. The summed E-state index contributed by atoms with van der Waals surface area (Å²) in [5, 5.41) is 8.65. The van der Waals surface area contributed by atoms with Crippen molar-refractivity contribution < 1.29 is 23.6 Å². The normalized spacial score (nSPS) is 12.9. The number of amides is 2. The van der Waals surface area contributed by atoms with E-state index in [4.69, 9.17) is 14.0 Å². The van der Waals surface area contributed by atoms with E-state index >= 15 is 0 Å². The van der Waals surface area contributed by atoms with Crippen LogP contribution in [-0.4, -0.2) is 49.2 Å². The molecule has 1 N–H and O–H groups in total. The lowest BCUT2D eigenvalue weighted by atomic mass is 10.1. The van der Waals surface area contributed by atoms with E-state index < -0.39 is 5.91 Å². The van der Waals surface area contributed by atoms with Crippen molar-refractivity contribution in [2.75, 3.05) is 27.3 Å². The lowest BCUT2D eigenvalue weighted by Crippen LogP contribution is -2.37. The lowest BCUT2D eigenvalue weighted by molar-refractivity contribution is -0.131. The molecule has 0 saturated carbocycles. The Hall–Kier alpha value is -3.33. The van der Waals surface area contributed by atoms with Gasteiger partial charge < -0.3 is 24.2 Å². The van der Waals surface area contributed by atoms with Gasteiger partial charge in [0.15, 0.2) is 11.5 Å². The molecule has 0 aliphatic carbocycles. The number of fused-ring (bicyclic) bond motifs is 1. The Morgan fingerprint density at radius 2 is 2.10 bits per heavy atom. The molecule has 2 aromatic heterocycles. The molecule has 8 nitrogen and oxygen atoms in total. The SMILES string of the molecule is COc1ccc(OC)c(-c2cc(C(=O)NCCC(=O)N3CCc4sccc4C3)no2)c1. The molecule has 0 spiro atoms. The van der Waals surface area contributed by atoms with Crippen molar-refractivity contribution >= 4 is 23.2 Å². The second-order valence-electron chi connectivity index (χ2n) is 7.08. The molecule has 2 amide bonds. The van der Waals surface area contributed by atoms with Gasteiger partial charge in [0.05, 0.1) is 19.8 Å². The zero-order valence-corrected chi connectivity index (χ0v) is 18.2. The fraction of sp³-hybridized carbons (Fsp3) is 0.318. The number of methoxy groups -OCH3 is 2. The number of carbonyl (C=O) groups excluding carboxylic acids is 2. The highest BCUT2D eigenvalue weighted by molar-refractivity contribution is 7.10. The van der Waals surface area contributed by atoms with Gasteiger partial charge in [-0.05, 0) is 41.6 Å². The van der Waals surface area contributed by atoms with Crippen LogP contribution in [0.3, 0.4) is 0 Å². The molecule has 4 rings (SSSR count). The summed E-state index contributed by atoms with van der Waals surface area (Å²) in [6.07, 6.45) is 1.13. The zero-order valence-electron chi connectivity index (χ0n) is 17.3. The van der Waals surface area contributed by atoms with Crippen LogP contribution in [0.4, 0.5) is 0 Å². The topological polar surface area (TPSA) is 93.9 Å². The van der Waals surface area contributed by atoms with Gasteiger partial charge in [0.1, 0.15) is 11.5 Å². The molecule has 1 aromatic carbocycles. The zero-order chi connectivity index (χ0) is 21.8. The second kappa shape index (κ2) is 9.22. The third kappa shape index (κ3) is 4.56. The standard InChI is InChI=1S/C22H23N3O5S/c1-28-15-3-4-18(29-2)16(11-15)19-12-17(24-30-19)22(27)23-8-5-21(26)25-9-6-20-14(13-25)7-10-31-20/h3-4,7,10-12H,5-6,8-9,13H2,1-2H3,(H,23,27). The molecule has 3 heterocycles. The molecular weight excluding hydrogens is 418 g/mol. The minimum absolute atomic E-state index is 0.0270. The highest BCUT2D eigenvalue weighted by Crippen LogP contribution is 2.33. The van der Waals surface area contributed by atoms with E-state index in [9.17, 15) is 9.59 Å². The molecule has 0 fully saturated rings. The van der Waals surface area contributed by atoms with Crippen LogP contribution in [0, 0.1) is 0 Å². The number of aromatic nitrogens is 1. The Morgan fingerprint density at radius 3 is 2.90 bits per heavy atom. The maximum Gasteiger partial charge on any atom is 0.273 e. The number of ether oxygens (including phenoxy) is 2. The molecule has 0 bridgehead atoms. The monoisotopic (exact) mass is 441 g/mol. The first-order chi connectivity index (χ1) is 15.1. The van der Waals surface area contributed by atoms with Crippen LogP contribution in [0.2, 0.25) is 0 Å². The summed E-state index contributed by atoms with van der Waals surface area (Å²) in [5.41, 5.74) is 1.98. The average Bonchev–Trinajstić information content (AvgIpc) is 3.47. The third-order valence-corrected chi connectivity index (χ3v) is 6.22. The fourth-order valence-electron chi connectivity index (χ4n) is 3.51. The number of hydrogen-bond acceptors (Lipinski definition) is 7. The van der Waals surface area contributed by atoms with Gasteiger partial charge in [0.2, 0.25) is 5.91 Å². The molecule has 1 aliphatic heterocycles. The van der Waals surface area contributed by atoms with Gasteiger partial charge in [0, 0.05) is 37.0 Å². The van der Waals surface area contributed by atoms with Crippen LogP contribution < -0.4 is 14.8 Å². The largest absolute Gasteiger partial charge is 0.497 e. The smallest absolute Gasteiger partial charge is 0.273 e. The van der Waals surface area contributed by atoms with Crippen LogP contribution in [0.15, 0.2) is 40.2 Å². The van der Waals surface area contributed by atoms with Crippen molar-refractivity contribution in [2.24, 2.45) is 0 Å². The van der Waals surface area contributed by atoms with Crippen molar-refractivity contribution in [3.63, 3.8) is 0 Å². The molecule has 31 heavy (non-hydrogen) atoms. The van der Waals surface area contributed by atoms with Crippen molar-refractivity contribution in [3.8, 4) is 22.8 Å². The van der Waals surface area contributed by atoms with Crippen molar-refractivity contribution in [2.45, 2.75) is 19.4 Å². The summed E-state index contributed by atoms with van der Waals surface area (Å²) in [4.78, 5) is 28.1. The quantitative estimate of drug-likeness (QED) is 0.606. The highest BCUT2D eigenvalue weighted by atomic mass is 32.1. The predicted octanol–water partition coefficient (Wildman–Crippen LogP) is 3.13. The Balaban J connectivity index is 1.33. The summed E-state index contributed by atoms with van der Waals surface area (Å²) in [6, 6.07) is 8.88. The van der Waals surface area contributed by atoms with Gasteiger partial charge in [-0.15, -0.1) is 11.3 Å². The maximum atomic E-state index is 12.5. The van der Waals surface area contributed by atoms with E-state index in [1.165, 1.54) is 16.5 Å². The van der Waals surface area contributed by atoms with Crippen LogP contribution in [0.25, 0.3) is 11.3 Å². The molecule has 1 aliphatic rings. The average molecular weight is 442 g/mol. The van der Waals surface area contributed by atoms with Crippen LogP contribution in [0.1, 0.15) is 27.3 Å². The first kappa shape index (κ1) is 20.9. The molecule has 0 radical (unpaired) electrons. The maximum absolute atomic E-state index is 12.5. The van der Waals surface area contributed by atoms with Gasteiger partial charge in [-0.25, -0.2) is 0 Å². The van der Waals surface area contributed by atoms with Gasteiger partial charge in [-0.1, -0.05) is 5.16 Å². The van der Waals surface area contributed by atoms with E-state index in [2.05, 4.69) is 21.9 Å². The number of rotatable bonds is 7. The van der Waals surface area contributed by atoms with Gasteiger partial charge in [-0.2, -0.15) is 0 Å². The van der Waals surface area contributed by atoms with E-state index in [0.29, 0.717) is 29.4 Å². The number of nitrogens with one attached hydrogen (secondary N) is 1. The van der Waals surface area contributed by atoms with Crippen LogP contribution in [-0.2, 0) is 17.8 Å². The first-order valence-corrected chi connectivity index (χ1v) is 10.8. The Kier molecular flexibility index (Phi) is 6.22. The minimum Gasteiger partial charge on any atom is -0.497 e. The van der Waals surface area contributed by atoms with E-state index in [-0.39, 0.29) is 24.6 Å². The number of carbonyl (C=O) groups is 2. The molecule has 3 aromatic rings. The molecular formula is C22H23N3O5S. The van der Waals surface area contributed by atoms with E-state index in [1.54, 1.807) is 43.8 Å². The number of hydrogen-bond donors (Lipinski definition) is 1. The number of benzene rings is 1. The Labute approximate surface area is 183 Å². The summed E-state index contributed by atoms with van der Waals surface area (Å²) in [5.74, 6) is 1.22. The highest BCUT2D eigenvalue weighted by Gasteiger charge is 2.22. The van der Waals surface area contributed by atoms with E-state index in [1.807, 2.05) is 4.90 Å². The number of thiophene rings is 1. The third-order valence-electron chi connectivity index (χ3n) is 5.20. The predicted molar refractivity (Wildman–Crippen MR) is 115 cm³/mol. The molecule has 0 saturated heterocycles. The van der Waals surface area contributed by atoms with Crippen LogP contribution >= 0.6 is 11.3 Å². The summed E-state index contributed by atoms with van der Waals surface area (Å²) in [6.45, 7) is 1.59. The Morgan fingerprint density at radius 1 is 1.23 bits per heavy atom. The van der Waals surface area contributed by atoms with Crippen molar-refractivity contribution in [3.05, 3.63) is 51.8 Å². The Bertz CT molecular complexity index is 1090. The van der Waals surface area contributed by atoms with Crippen molar-refractivity contribution in [1.82, 2.24) is 15.4 Å². The molecule has 162 valence electrons. The van der Waals surface area contributed by atoms with Crippen LogP contribution in [0.5, 0.6) is 11.5 Å². The second-order valence-corrected chi connectivity index (χ2v) is 8.08. The molecule has 0 atom stereocenters. The minimum atomic E-state index is -0.400. The summed E-state index contributed by atoms with van der Waals surface area (Å²) in [7, 11) is 3.11. The lowest BCUT2D eigenvalue weighted by Gasteiger charge is -2.27. The van der Waals surface area contributed by atoms with E-state index in [0.717, 1.165) is 13.0 Å². The number of nitrogens with zero attached hydrogens (tertiary/aromatic N) is 2. The van der Waals surface area contributed by atoms with Crippen molar-refractivity contribution in [1.29, 1.82) is 0 Å². The van der Waals surface area contributed by atoms with Gasteiger partial charge in [-0.3, -0.25) is 9.59 Å². The summed E-state index contributed by atoms with van der Waals surface area (Å²) < 4.78 is 15.9. The molecule has 9 heteroatoms. The van der Waals surface area contributed by atoms with Gasteiger partial charge in [0.25, 0.3) is 5.91 Å². The van der Waals surface area contributed by atoms with Gasteiger partial charge >= 0.3 is 0 Å². The summed E-state index contributed by atoms with van der Waals surface area (Å²) >= 11 is 1.74. The molecule has 0 unspecified atom stereocenters. The fourth-order valence-corrected chi connectivity index (χ4v) is 4.40.